The predicted octanol–water partition coefficient (Wildman–Crippen LogP) is 1.22. The maximum atomic E-state index is 5.35. The van der Waals surface area contributed by atoms with Crippen molar-refractivity contribution in [1.82, 2.24) is 5.43 Å². The van der Waals surface area contributed by atoms with E-state index in [0.717, 1.165) is 5.84 Å². The summed E-state index contributed by atoms with van der Waals surface area (Å²) in [4.78, 5) is 4.56. The van der Waals surface area contributed by atoms with Gasteiger partial charge in [-0.3, -0.25) is 4.99 Å². The van der Waals surface area contributed by atoms with Gasteiger partial charge in [-0.25, -0.2) is 5.84 Å². The molecule has 0 amide bonds. The zero-order valence-electron chi connectivity index (χ0n) is 8.96. The molecule has 0 radical (unpaired) electrons. The molecule has 0 aromatic rings. The lowest BCUT2D eigenvalue weighted by atomic mass is 10.1. The van der Waals surface area contributed by atoms with Gasteiger partial charge in [0.2, 0.25) is 0 Å². The van der Waals surface area contributed by atoms with Gasteiger partial charge in [0.05, 0.1) is 6.04 Å². The number of nitrogens with zero attached hydrogens (tertiary/aromatic N) is 1. The van der Waals surface area contributed by atoms with Crippen molar-refractivity contribution >= 4 is 5.84 Å². The third-order valence-corrected chi connectivity index (χ3v) is 2.61. The van der Waals surface area contributed by atoms with Crippen LogP contribution in [0.4, 0.5) is 0 Å². The summed E-state index contributed by atoms with van der Waals surface area (Å²) in [6.07, 6.45) is 7.66. The molecule has 1 aliphatic carbocycles. The van der Waals surface area contributed by atoms with E-state index in [0.29, 0.717) is 12.6 Å². The molecule has 1 fully saturated rings. The highest BCUT2D eigenvalue weighted by molar-refractivity contribution is 5.82. The summed E-state index contributed by atoms with van der Waals surface area (Å²) in [5.74, 6) is 6.12. The van der Waals surface area contributed by atoms with Crippen LogP contribution in [-0.2, 0) is 4.74 Å². The molecule has 82 valence electrons. The van der Waals surface area contributed by atoms with Gasteiger partial charge in [-0.05, 0) is 12.8 Å². The maximum Gasteiger partial charge on any atom is 0.137 e. The Bertz CT molecular complexity index is 174. The van der Waals surface area contributed by atoms with Gasteiger partial charge in [0.25, 0.3) is 0 Å². The fourth-order valence-electron chi connectivity index (χ4n) is 1.86. The molecule has 0 unspecified atom stereocenters. The minimum absolute atomic E-state index is 0.443. The SMILES string of the molecule is COCC(=NC1CCCCCC1)NN. The number of nitrogens with one attached hydrogen (secondary N) is 1. The standard InChI is InChI=1S/C10H21N3O/c1-14-8-10(13-11)12-9-6-4-2-3-5-7-9/h9H,2-8,11H2,1H3,(H,12,13). The van der Waals surface area contributed by atoms with E-state index in [9.17, 15) is 0 Å². The molecule has 0 aromatic heterocycles. The van der Waals surface area contributed by atoms with Crippen LogP contribution in [0.25, 0.3) is 0 Å². The van der Waals surface area contributed by atoms with Crippen molar-refractivity contribution in [2.45, 2.75) is 44.6 Å². The molecule has 0 saturated heterocycles. The monoisotopic (exact) mass is 199 g/mol. The first-order valence-corrected chi connectivity index (χ1v) is 5.39. The molecule has 4 heteroatoms. The van der Waals surface area contributed by atoms with Crippen LogP contribution in [-0.4, -0.2) is 25.6 Å². The second kappa shape index (κ2) is 6.79. The van der Waals surface area contributed by atoms with Crippen molar-refractivity contribution in [1.29, 1.82) is 0 Å². The zero-order valence-corrected chi connectivity index (χ0v) is 8.96. The van der Waals surface area contributed by atoms with E-state index in [1.54, 1.807) is 7.11 Å². The highest BCUT2D eigenvalue weighted by Gasteiger charge is 2.11. The van der Waals surface area contributed by atoms with Crippen LogP contribution in [0, 0.1) is 0 Å². The number of aliphatic imine (C=N–C) groups is 1. The van der Waals surface area contributed by atoms with Crippen LogP contribution in [0.15, 0.2) is 4.99 Å². The molecule has 0 spiro atoms. The van der Waals surface area contributed by atoms with Crippen molar-refractivity contribution in [2.75, 3.05) is 13.7 Å². The van der Waals surface area contributed by atoms with E-state index < -0.39 is 0 Å². The van der Waals surface area contributed by atoms with E-state index in [-0.39, 0.29) is 0 Å². The molecule has 0 bridgehead atoms. The maximum absolute atomic E-state index is 5.35. The van der Waals surface area contributed by atoms with Gasteiger partial charge in [0, 0.05) is 7.11 Å². The summed E-state index contributed by atoms with van der Waals surface area (Å²) in [5, 5.41) is 0. The number of nitrogens with two attached hydrogens (primary N) is 1. The Labute approximate surface area is 85.9 Å². The van der Waals surface area contributed by atoms with Crippen LogP contribution in [0.1, 0.15) is 38.5 Å². The van der Waals surface area contributed by atoms with Crippen LogP contribution >= 0.6 is 0 Å². The third kappa shape index (κ3) is 4.07. The van der Waals surface area contributed by atoms with Crippen molar-refractivity contribution in [3.63, 3.8) is 0 Å². The fourth-order valence-corrected chi connectivity index (χ4v) is 1.86. The number of hydrogen-bond acceptors (Lipinski definition) is 3. The summed E-state index contributed by atoms with van der Waals surface area (Å²) in [7, 11) is 1.65. The molecule has 3 N–H and O–H groups in total. The first-order chi connectivity index (χ1) is 6.86. The average molecular weight is 199 g/mol. The molecule has 0 atom stereocenters. The molecule has 0 aliphatic heterocycles. The zero-order chi connectivity index (χ0) is 10.2. The smallest absolute Gasteiger partial charge is 0.137 e. The van der Waals surface area contributed by atoms with Crippen LogP contribution < -0.4 is 11.3 Å². The van der Waals surface area contributed by atoms with Crippen molar-refractivity contribution in [2.24, 2.45) is 10.8 Å². The minimum atomic E-state index is 0.443. The number of amidine groups is 1. The molecule has 0 aromatic carbocycles. The van der Waals surface area contributed by atoms with Crippen LogP contribution in [0.5, 0.6) is 0 Å². The summed E-state index contributed by atoms with van der Waals surface area (Å²) in [6, 6.07) is 0.443. The highest BCUT2D eigenvalue weighted by Crippen LogP contribution is 2.19. The van der Waals surface area contributed by atoms with Gasteiger partial charge in [-0.15, -0.1) is 0 Å². The molecule has 1 saturated carbocycles. The Hall–Kier alpha value is -0.610. The normalized spacial score (nSPS) is 20.6. The van der Waals surface area contributed by atoms with E-state index in [1.165, 1.54) is 38.5 Å². The molecule has 4 nitrogen and oxygen atoms in total. The Balaban J connectivity index is 2.43. The Morgan fingerprint density at radius 1 is 1.36 bits per heavy atom. The predicted molar refractivity (Wildman–Crippen MR) is 58.1 cm³/mol. The quantitative estimate of drug-likeness (QED) is 0.236. The topological polar surface area (TPSA) is 59.6 Å². The van der Waals surface area contributed by atoms with Gasteiger partial charge in [0.15, 0.2) is 0 Å². The molecule has 1 rings (SSSR count). The Morgan fingerprint density at radius 2 is 2.00 bits per heavy atom. The fraction of sp³-hybridized carbons (Fsp3) is 0.900. The van der Waals surface area contributed by atoms with Gasteiger partial charge in [0.1, 0.15) is 12.4 Å². The van der Waals surface area contributed by atoms with Crippen LogP contribution in [0.2, 0.25) is 0 Å². The van der Waals surface area contributed by atoms with E-state index >= 15 is 0 Å². The third-order valence-electron chi connectivity index (χ3n) is 2.61. The number of methoxy groups -OCH3 is 1. The second-order valence-corrected chi connectivity index (χ2v) is 3.80. The first-order valence-electron chi connectivity index (χ1n) is 5.39. The summed E-state index contributed by atoms with van der Waals surface area (Å²) >= 11 is 0. The molecule has 0 heterocycles. The lowest BCUT2D eigenvalue weighted by Crippen LogP contribution is -2.34. The average Bonchev–Trinajstić information content (AvgIpc) is 2.45. The minimum Gasteiger partial charge on any atom is -0.377 e. The van der Waals surface area contributed by atoms with E-state index in [2.05, 4.69) is 10.4 Å². The lowest BCUT2D eigenvalue weighted by molar-refractivity contribution is 0.241. The van der Waals surface area contributed by atoms with Crippen LogP contribution in [0.3, 0.4) is 0 Å². The first kappa shape index (κ1) is 11.5. The molecule has 14 heavy (non-hydrogen) atoms. The Kier molecular flexibility index (Phi) is 5.56. The largest absolute Gasteiger partial charge is 0.377 e. The Morgan fingerprint density at radius 3 is 2.50 bits per heavy atom. The van der Waals surface area contributed by atoms with Crippen molar-refractivity contribution in [3.8, 4) is 0 Å². The van der Waals surface area contributed by atoms with Crippen molar-refractivity contribution in [3.05, 3.63) is 0 Å². The lowest BCUT2D eigenvalue weighted by Gasteiger charge is -2.11. The van der Waals surface area contributed by atoms with E-state index in [4.69, 9.17) is 10.6 Å². The number of ether oxygens (including phenoxy) is 1. The van der Waals surface area contributed by atoms with Gasteiger partial charge < -0.3 is 10.2 Å². The second-order valence-electron chi connectivity index (χ2n) is 3.80. The van der Waals surface area contributed by atoms with Gasteiger partial charge in [-0.2, -0.15) is 0 Å². The number of hydrogen-bond donors (Lipinski definition) is 2. The van der Waals surface area contributed by atoms with Crippen molar-refractivity contribution < 1.29 is 4.74 Å². The summed E-state index contributed by atoms with van der Waals surface area (Å²) in [6.45, 7) is 0.479. The summed E-state index contributed by atoms with van der Waals surface area (Å²) < 4.78 is 4.99. The molecular weight excluding hydrogens is 178 g/mol. The summed E-state index contributed by atoms with van der Waals surface area (Å²) in [5.41, 5.74) is 2.60. The number of rotatable bonds is 3. The molecular formula is C10H21N3O. The molecule has 1 aliphatic rings. The van der Waals surface area contributed by atoms with Gasteiger partial charge in [-0.1, -0.05) is 25.7 Å². The van der Waals surface area contributed by atoms with Gasteiger partial charge >= 0.3 is 0 Å². The highest BCUT2D eigenvalue weighted by atomic mass is 16.5. The van der Waals surface area contributed by atoms with E-state index in [1.807, 2.05) is 0 Å². The number of hydrazine groups is 1.